The third kappa shape index (κ3) is 3.06. The molecule has 0 saturated carbocycles. The maximum atomic E-state index is 12.2. The first-order valence-electron chi connectivity index (χ1n) is 6.83. The zero-order valence-corrected chi connectivity index (χ0v) is 14.8. The van der Waals surface area contributed by atoms with Gasteiger partial charge in [-0.05, 0) is 54.5 Å². The van der Waals surface area contributed by atoms with E-state index in [0.717, 1.165) is 5.56 Å². The van der Waals surface area contributed by atoms with E-state index >= 15 is 0 Å². The first kappa shape index (κ1) is 17.0. The molecule has 24 heavy (non-hydrogen) atoms. The number of carbonyl (C=O) groups excluding carboxylic acids is 1. The molecule has 3 rings (SSSR count). The average molecular weight is 383 g/mol. The molecule has 0 bridgehead atoms. The third-order valence-corrected chi connectivity index (χ3v) is 5.41. The summed E-state index contributed by atoms with van der Waals surface area (Å²) in [7, 11) is -3.87. The second-order valence-electron chi connectivity index (χ2n) is 5.37. The van der Waals surface area contributed by atoms with Crippen molar-refractivity contribution in [2.75, 3.05) is 5.32 Å². The number of fused-ring (bicyclic) bond motifs is 1. The van der Waals surface area contributed by atoms with Gasteiger partial charge in [0.1, 0.15) is 0 Å². The first-order chi connectivity index (χ1) is 11.2. The van der Waals surface area contributed by atoms with Crippen LogP contribution in [0.25, 0.3) is 11.6 Å². The molecule has 0 saturated heterocycles. The van der Waals surface area contributed by atoms with Crippen LogP contribution < -0.4 is 10.5 Å². The molecule has 1 aliphatic heterocycles. The van der Waals surface area contributed by atoms with Crippen molar-refractivity contribution in [3.8, 4) is 0 Å². The molecule has 0 aromatic heterocycles. The number of halogens is 2. The van der Waals surface area contributed by atoms with E-state index in [-0.39, 0.29) is 10.8 Å². The Hall–Kier alpha value is -1.86. The quantitative estimate of drug-likeness (QED) is 0.779. The predicted molar refractivity (Wildman–Crippen MR) is 95.5 cm³/mol. The Morgan fingerprint density at radius 3 is 2.33 bits per heavy atom. The molecule has 3 N–H and O–H groups in total. The van der Waals surface area contributed by atoms with Crippen LogP contribution in [0.3, 0.4) is 0 Å². The highest BCUT2D eigenvalue weighted by Crippen LogP contribution is 2.35. The highest BCUT2D eigenvalue weighted by Gasteiger charge is 2.26. The number of anilines is 1. The van der Waals surface area contributed by atoms with Gasteiger partial charge < -0.3 is 5.32 Å². The van der Waals surface area contributed by atoms with E-state index in [9.17, 15) is 13.2 Å². The summed E-state index contributed by atoms with van der Waals surface area (Å²) in [5, 5.41) is 8.79. The minimum absolute atomic E-state index is 0.0661. The summed E-state index contributed by atoms with van der Waals surface area (Å²) in [6.07, 6.45) is 1.60. The van der Waals surface area contributed by atoms with Crippen molar-refractivity contribution in [2.24, 2.45) is 5.14 Å². The lowest BCUT2D eigenvalue weighted by atomic mass is 10.0. The number of hydrogen-bond acceptors (Lipinski definition) is 3. The molecular weight excluding hydrogens is 371 g/mol. The molecule has 0 spiro atoms. The molecule has 0 radical (unpaired) electrons. The van der Waals surface area contributed by atoms with Gasteiger partial charge in [0, 0.05) is 26.9 Å². The highest BCUT2D eigenvalue weighted by atomic mass is 35.5. The Morgan fingerprint density at radius 1 is 1.12 bits per heavy atom. The van der Waals surface area contributed by atoms with E-state index < -0.39 is 10.0 Å². The van der Waals surface area contributed by atoms with Crippen LogP contribution in [0.4, 0.5) is 5.69 Å². The number of hydrogen-bond donors (Lipinski definition) is 2. The number of rotatable bonds is 2. The molecule has 1 amide bonds. The Labute approximate surface area is 149 Å². The molecule has 8 heteroatoms. The van der Waals surface area contributed by atoms with Gasteiger partial charge in [-0.25, -0.2) is 13.6 Å². The fourth-order valence-electron chi connectivity index (χ4n) is 2.40. The van der Waals surface area contributed by atoms with Crippen LogP contribution in [0.2, 0.25) is 10.0 Å². The second-order valence-corrected chi connectivity index (χ2v) is 7.75. The molecule has 0 unspecified atom stereocenters. The number of nitrogens with one attached hydrogen (secondary N) is 1. The van der Waals surface area contributed by atoms with Gasteiger partial charge in [0.15, 0.2) is 0 Å². The van der Waals surface area contributed by atoms with Gasteiger partial charge in [-0.3, -0.25) is 4.79 Å². The van der Waals surface area contributed by atoms with Crippen LogP contribution >= 0.6 is 23.2 Å². The number of sulfonamides is 1. The Kier molecular flexibility index (Phi) is 4.17. The second kappa shape index (κ2) is 5.89. The fraction of sp³-hybridized carbons (Fsp3) is 0.0625. The third-order valence-electron chi connectivity index (χ3n) is 3.72. The summed E-state index contributed by atoms with van der Waals surface area (Å²) in [6.45, 7) is 1.79. The Morgan fingerprint density at radius 2 is 1.75 bits per heavy atom. The lowest BCUT2D eigenvalue weighted by molar-refractivity contribution is -0.110. The number of benzene rings is 2. The van der Waals surface area contributed by atoms with Gasteiger partial charge in [-0.2, -0.15) is 0 Å². The van der Waals surface area contributed by atoms with Crippen LogP contribution in [0.15, 0.2) is 35.2 Å². The van der Waals surface area contributed by atoms with Crippen LogP contribution in [-0.2, 0) is 14.8 Å². The Bertz CT molecular complexity index is 991. The summed E-state index contributed by atoms with van der Waals surface area (Å²) in [5.74, 6) is -0.343. The topological polar surface area (TPSA) is 89.3 Å². The normalized spacial score (nSPS) is 15.5. The van der Waals surface area contributed by atoms with E-state index in [1.165, 1.54) is 18.2 Å². The van der Waals surface area contributed by atoms with Crippen LogP contribution in [0, 0.1) is 6.92 Å². The SMILES string of the molecule is Cc1c(Cl)cc(/C=C2\C(=O)Nc3ccc(S(N)(=O)=O)cc32)cc1Cl. The number of primary sulfonamides is 1. The monoisotopic (exact) mass is 382 g/mol. The molecule has 0 aliphatic carbocycles. The fourth-order valence-corrected chi connectivity index (χ4v) is 3.45. The smallest absolute Gasteiger partial charge is 0.256 e. The molecule has 5 nitrogen and oxygen atoms in total. The molecule has 0 fully saturated rings. The molecule has 2 aromatic carbocycles. The average Bonchev–Trinajstić information content (AvgIpc) is 2.79. The molecule has 1 heterocycles. The first-order valence-corrected chi connectivity index (χ1v) is 9.13. The van der Waals surface area contributed by atoms with Gasteiger partial charge in [0.25, 0.3) is 5.91 Å². The van der Waals surface area contributed by atoms with Gasteiger partial charge >= 0.3 is 0 Å². The minimum atomic E-state index is -3.87. The van der Waals surface area contributed by atoms with Crippen molar-refractivity contribution < 1.29 is 13.2 Å². The lowest BCUT2D eigenvalue weighted by Gasteiger charge is -2.05. The van der Waals surface area contributed by atoms with Gasteiger partial charge in [0.05, 0.1) is 4.90 Å². The molecular formula is C16H12Cl2N2O3S. The minimum Gasteiger partial charge on any atom is -0.321 e. The van der Waals surface area contributed by atoms with Crippen LogP contribution in [0.1, 0.15) is 16.7 Å². The maximum Gasteiger partial charge on any atom is 0.256 e. The summed E-state index contributed by atoms with van der Waals surface area (Å²) >= 11 is 12.2. The van der Waals surface area contributed by atoms with Crippen molar-refractivity contribution in [3.05, 3.63) is 57.1 Å². The van der Waals surface area contributed by atoms with Gasteiger partial charge in [-0.1, -0.05) is 23.2 Å². The number of carbonyl (C=O) groups is 1. The van der Waals surface area contributed by atoms with E-state index in [0.29, 0.717) is 32.4 Å². The highest BCUT2D eigenvalue weighted by molar-refractivity contribution is 7.89. The standard InChI is InChI=1S/C16H12Cl2N2O3S/c1-8-13(17)5-9(6-14(8)18)4-12-11-7-10(24(19,22)23)2-3-15(11)20-16(12)21/h2-7H,1H3,(H,20,21)(H2,19,22,23)/b12-4-. The van der Waals surface area contributed by atoms with Gasteiger partial charge in [0.2, 0.25) is 10.0 Å². The van der Waals surface area contributed by atoms with Crippen molar-refractivity contribution in [1.29, 1.82) is 0 Å². The maximum absolute atomic E-state index is 12.2. The van der Waals surface area contributed by atoms with Crippen LogP contribution in [0.5, 0.6) is 0 Å². The zero-order chi connectivity index (χ0) is 17.6. The van der Waals surface area contributed by atoms with Crippen molar-refractivity contribution in [3.63, 3.8) is 0 Å². The summed E-state index contributed by atoms with van der Waals surface area (Å²) in [5.41, 5.74) is 2.66. The predicted octanol–water partition coefficient (Wildman–Crippen LogP) is 3.44. The summed E-state index contributed by atoms with van der Waals surface area (Å²) < 4.78 is 23.0. The van der Waals surface area contributed by atoms with E-state index in [4.69, 9.17) is 28.3 Å². The van der Waals surface area contributed by atoms with E-state index in [2.05, 4.69) is 5.32 Å². The van der Waals surface area contributed by atoms with E-state index in [1.807, 2.05) is 0 Å². The summed E-state index contributed by atoms with van der Waals surface area (Å²) in [4.78, 5) is 12.1. The zero-order valence-electron chi connectivity index (χ0n) is 12.4. The molecule has 124 valence electrons. The summed E-state index contributed by atoms with van der Waals surface area (Å²) in [6, 6.07) is 7.58. The van der Waals surface area contributed by atoms with Crippen molar-refractivity contribution >= 4 is 56.5 Å². The molecule has 1 aliphatic rings. The van der Waals surface area contributed by atoms with Crippen LogP contribution in [-0.4, -0.2) is 14.3 Å². The van der Waals surface area contributed by atoms with E-state index in [1.54, 1.807) is 25.1 Å². The number of amides is 1. The lowest BCUT2D eigenvalue weighted by Crippen LogP contribution is -2.12. The molecule has 2 aromatic rings. The number of nitrogens with two attached hydrogens (primary N) is 1. The van der Waals surface area contributed by atoms with Crippen molar-refractivity contribution in [2.45, 2.75) is 11.8 Å². The van der Waals surface area contributed by atoms with Gasteiger partial charge in [-0.15, -0.1) is 0 Å². The van der Waals surface area contributed by atoms with Crippen molar-refractivity contribution in [1.82, 2.24) is 0 Å². The largest absolute Gasteiger partial charge is 0.321 e. The molecule has 0 atom stereocenters. The Balaban J connectivity index is 2.16.